The van der Waals surface area contributed by atoms with Gasteiger partial charge >= 0.3 is 6.01 Å². The van der Waals surface area contributed by atoms with E-state index in [0.717, 1.165) is 22.7 Å². The number of halogens is 1. The summed E-state index contributed by atoms with van der Waals surface area (Å²) in [4.78, 5) is 16.9. The Morgan fingerprint density at radius 2 is 1.93 bits per heavy atom. The van der Waals surface area contributed by atoms with E-state index in [1.165, 1.54) is 12.4 Å². The quantitative estimate of drug-likeness (QED) is 0.510. The lowest BCUT2D eigenvalue weighted by atomic mass is 10.3. The van der Waals surface area contributed by atoms with Crippen molar-refractivity contribution in [3.05, 3.63) is 59.6 Å². The molecular formula is C18H16ClN7O. The highest BCUT2D eigenvalue weighted by molar-refractivity contribution is 6.30. The first-order valence-corrected chi connectivity index (χ1v) is 8.52. The number of imidazole rings is 1. The minimum absolute atomic E-state index is 0.214. The molecule has 0 unspecified atom stereocenters. The number of nitrogens with zero attached hydrogens (tertiary/aromatic N) is 5. The van der Waals surface area contributed by atoms with Crippen LogP contribution in [0.5, 0.6) is 11.8 Å². The summed E-state index contributed by atoms with van der Waals surface area (Å²) in [6.45, 7) is 0.518. The molecule has 9 heteroatoms. The summed E-state index contributed by atoms with van der Waals surface area (Å²) in [5, 5.41) is 3.73. The third-order valence-electron chi connectivity index (χ3n) is 3.94. The van der Waals surface area contributed by atoms with Crippen LogP contribution in [-0.2, 0) is 13.6 Å². The Balaban J connectivity index is 1.43. The Kier molecular flexibility index (Phi) is 4.47. The van der Waals surface area contributed by atoms with Gasteiger partial charge in [-0.3, -0.25) is 4.98 Å². The summed E-state index contributed by atoms with van der Waals surface area (Å²) < 4.78 is 7.49. The Bertz CT molecular complexity index is 1080. The maximum Gasteiger partial charge on any atom is 0.322 e. The van der Waals surface area contributed by atoms with Gasteiger partial charge in [-0.25, -0.2) is 15.0 Å². The number of nitrogens with one attached hydrogen (secondary N) is 1. The fourth-order valence-electron chi connectivity index (χ4n) is 2.57. The smallest absolute Gasteiger partial charge is 0.322 e. The molecule has 0 spiro atoms. The fraction of sp³-hybridized carbons (Fsp3) is 0.111. The highest BCUT2D eigenvalue weighted by atomic mass is 35.5. The second-order valence-electron chi connectivity index (χ2n) is 5.87. The van der Waals surface area contributed by atoms with Gasteiger partial charge in [0.25, 0.3) is 0 Å². The number of aryl methyl sites for hydroxylation is 1. The molecule has 4 rings (SSSR count). The Hall–Kier alpha value is -3.39. The molecule has 0 bridgehead atoms. The van der Waals surface area contributed by atoms with Crippen molar-refractivity contribution < 1.29 is 4.74 Å². The molecule has 3 N–H and O–H groups in total. The van der Waals surface area contributed by atoms with Crippen LogP contribution in [0, 0.1) is 0 Å². The minimum Gasteiger partial charge on any atom is -0.423 e. The zero-order valence-corrected chi connectivity index (χ0v) is 15.2. The van der Waals surface area contributed by atoms with Crippen LogP contribution >= 0.6 is 11.6 Å². The molecule has 4 aromatic rings. The zero-order valence-electron chi connectivity index (χ0n) is 14.4. The van der Waals surface area contributed by atoms with Crippen molar-refractivity contribution in [2.24, 2.45) is 7.05 Å². The molecule has 0 amide bonds. The number of hydrogen-bond acceptors (Lipinski definition) is 7. The van der Waals surface area contributed by atoms with Crippen LogP contribution in [0.3, 0.4) is 0 Å². The van der Waals surface area contributed by atoms with Crippen LogP contribution in [0.1, 0.15) is 5.69 Å². The van der Waals surface area contributed by atoms with Crippen LogP contribution in [0.25, 0.3) is 11.0 Å². The number of benzene rings is 1. The van der Waals surface area contributed by atoms with Gasteiger partial charge in [-0.2, -0.15) is 0 Å². The number of ether oxygens (including phenoxy) is 1. The Morgan fingerprint density at radius 1 is 1.11 bits per heavy atom. The molecule has 1 aromatic carbocycles. The summed E-state index contributed by atoms with van der Waals surface area (Å²) in [7, 11) is 1.94. The van der Waals surface area contributed by atoms with Crippen molar-refractivity contribution in [3.63, 3.8) is 0 Å². The van der Waals surface area contributed by atoms with Gasteiger partial charge in [-0.1, -0.05) is 11.6 Å². The molecule has 0 radical (unpaired) electrons. The molecule has 0 fully saturated rings. The summed E-state index contributed by atoms with van der Waals surface area (Å²) in [5.74, 6) is 1.28. The summed E-state index contributed by atoms with van der Waals surface area (Å²) in [6.07, 6.45) is 4.56. The maximum absolute atomic E-state index is 5.84. The SMILES string of the molecule is Cn1c(NCc2ccc(Oc3ncc(Cl)cn3)cn2)nc2ccc(N)cc21. The number of anilines is 2. The minimum atomic E-state index is 0.214. The highest BCUT2D eigenvalue weighted by Crippen LogP contribution is 2.21. The zero-order chi connectivity index (χ0) is 18.8. The lowest BCUT2D eigenvalue weighted by molar-refractivity contribution is 0.439. The van der Waals surface area contributed by atoms with Gasteiger partial charge in [-0.05, 0) is 30.3 Å². The fourth-order valence-corrected chi connectivity index (χ4v) is 2.67. The van der Waals surface area contributed by atoms with E-state index in [1.807, 2.05) is 35.9 Å². The normalized spacial score (nSPS) is 10.9. The van der Waals surface area contributed by atoms with E-state index in [9.17, 15) is 0 Å². The summed E-state index contributed by atoms with van der Waals surface area (Å²) >= 11 is 5.75. The van der Waals surface area contributed by atoms with E-state index >= 15 is 0 Å². The molecule has 8 nitrogen and oxygen atoms in total. The van der Waals surface area contributed by atoms with Crippen LogP contribution < -0.4 is 15.8 Å². The lowest BCUT2D eigenvalue weighted by Gasteiger charge is -2.07. The molecule has 0 atom stereocenters. The first-order valence-electron chi connectivity index (χ1n) is 8.14. The molecule has 0 aliphatic carbocycles. The van der Waals surface area contributed by atoms with E-state index in [-0.39, 0.29) is 6.01 Å². The molecule has 0 aliphatic heterocycles. The predicted molar refractivity (Wildman–Crippen MR) is 104 cm³/mol. The van der Waals surface area contributed by atoms with E-state index < -0.39 is 0 Å². The number of nitrogen functional groups attached to an aromatic ring is 1. The highest BCUT2D eigenvalue weighted by Gasteiger charge is 2.08. The van der Waals surface area contributed by atoms with Crippen molar-refractivity contribution in [2.75, 3.05) is 11.1 Å². The van der Waals surface area contributed by atoms with Gasteiger partial charge in [-0.15, -0.1) is 0 Å². The molecule has 0 aliphatic rings. The Morgan fingerprint density at radius 3 is 2.67 bits per heavy atom. The molecule has 3 heterocycles. The first-order chi connectivity index (χ1) is 13.1. The summed E-state index contributed by atoms with van der Waals surface area (Å²) in [6, 6.07) is 9.52. The number of fused-ring (bicyclic) bond motifs is 1. The van der Waals surface area contributed by atoms with Crippen LogP contribution in [0.4, 0.5) is 11.6 Å². The molecule has 3 aromatic heterocycles. The molecular weight excluding hydrogens is 366 g/mol. The van der Waals surface area contributed by atoms with Crippen LogP contribution in [-0.4, -0.2) is 24.5 Å². The number of rotatable bonds is 5. The van der Waals surface area contributed by atoms with Crippen LogP contribution in [0.15, 0.2) is 48.9 Å². The topological polar surface area (TPSA) is 104 Å². The molecule has 0 saturated carbocycles. The number of nitrogens with two attached hydrogens (primary N) is 1. The number of pyridine rings is 1. The summed E-state index contributed by atoms with van der Waals surface area (Å²) in [5.41, 5.74) is 9.24. The second-order valence-corrected chi connectivity index (χ2v) is 6.30. The van der Waals surface area contributed by atoms with Gasteiger partial charge < -0.3 is 20.4 Å². The number of aromatic nitrogens is 5. The largest absolute Gasteiger partial charge is 0.423 e. The number of hydrogen-bond donors (Lipinski definition) is 2. The van der Waals surface area contributed by atoms with E-state index in [0.29, 0.717) is 23.0 Å². The standard InChI is InChI=1S/C18H16ClN7O/c1-26-16-6-12(20)2-5-15(16)25-17(26)22-9-13-3-4-14(10-21-13)27-18-23-7-11(19)8-24-18/h2-8,10H,9,20H2,1H3,(H,22,25). The molecule has 27 heavy (non-hydrogen) atoms. The average molecular weight is 382 g/mol. The van der Waals surface area contributed by atoms with E-state index in [4.69, 9.17) is 22.1 Å². The van der Waals surface area contributed by atoms with E-state index in [2.05, 4.69) is 25.3 Å². The second kappa shape index (κ2) is 7.08. The molecule has 0 saturated heterocycles. The van der Waals surface area contributed by atoms with Crippen molar-refractivity contribution in [3.8, 4) is 11.8 Å². The van der Waals surface area contributed by atoms with Gasteiger partial charge in [0.15, 0.2) is 0 Å². The monoisotopic (exact) mass is 381 g/mol. The van der Waals surface area contributed by atoms with Crippen molar-refractivity contribution in [1.82, 2.24) is 24.5 Å². The lowest BCUT2D eigenvalue weighted by Crippen LogP contribution is -2.06. The average Bonchev–Trinajstić information content (AvgIpc) is 2.98. The van der Waals surface area contributed by atoms with Gasteiger partial charge in [0.1, 0.15) is 5.75 Å². The first kappa shape index (κ1) is 17.0. The van der Waals surface area contributed by atoms with Crippen molar-refractivity contribution in [2.45, 2.75) is 6.54 Å². The van der Waals surface area contributed by atoms with Crippen molar-refractivity contribution >= 4 is 34.3 Å². The van der Waals surface area contributed by atoms with Gasteiger partial charge in [0, 0.05) is 12.7 Å². The van der Waals surface area contributed by atoms with Gasteiger partial charge in [0.05, 0.1) is 46.9 Å². The Labute approximate surface area is 160 Å². The predicted octanol–water partition coefficient (Wildman–Crippen LogP) is 3.40. The van der Waals surface area contributed by atoms with Crippen LogP contribution in [0.2, 0.25) is 5.02 Å². The molecule has 136 valence electrons. The van der Waals surface area contributed by atoms with Gasteiger partial charge in [0.2, 0.25) is 5.95 Å². The third-order valence-corrected chi connectivity index (χ3v) is 4.13. The van der Waals surface area contributed by atoms with E-state index in [1.54, 1.807) is 12.3 Å². The third kappa shape index (κ3) is 3.75. The van der Waals surface area contributed by atoms with Crippen molar-refractivity contribution in [1.29, 1.82) is 0 Å². The maximum atomic E-state index is 5.84.